The number of Topliss-reactive ketones (excluding diaryl/α,β-unsaturated/α-hetero) is 2. The van der Waals surface area contributed by atoms with Crippen LogP contribution in [0.2, 0.25) is 0 Å². The van der Waals surface area contributed by atoms with Crippen LogP contribution in [0, 0.1) is 11.7 Å². The molecule has 146 valence electrons. The Balaban J connectivity index is 1.89. The van der Waals surface area contributed by atoms with Gasteiger partial charge in [0.1, 0.15) is 5.82 Å². The lowest BCUT2D eigenvalue weighted by Gasteiger charge is -2.24. The Hall–Kier alpha value is -1.92. The van der Waals surface area contributed by atoms with Gasteiger partial charge in [-0.05, 0) is 55.7 Å². The Bertz CT molecular complexity index is 693. The Kier molecular flexibility index (Phi) is 8.75. The summed E-state index contributed by atoms with van der Waals surface area (Å²) in [4.78, 5) is 31.4. The van der Waals surface area contributed by atoms with Crippen molar-refractivity contribution in [3.8, 4) is 0 Å². The first-order valence-electron chi connectivity index (χ1n) is 9.22. The van der Waals surface area contributed by atoms with Crippen LogP contribution >= 0.6 is 11.8 Å². The number of hydrogen-bond acceptors (Lipinski definition) is 5. The summed E-state index contributed by atoms with van der Waals surface area (Å²) >= 11 is 1.61. The van der Waals surface area contributed by atoms with Crippen LogP contribution in [0.25, 0.3) is 0 Å². The smallest absolute Gasteiger partial charge is 0.168 e. The number of ketones is 2. The maximum atomic E-state index is 12.9. The Morgan fingerprint density at radius 2 is 1.93 bits per heavy atom. The van der Waals surface area contributed by atoms with Crippen molar-refractivity contribution in [2.45, 2.75) is 44.4 Å². The molecular weight excluding hydrogens is 365 g/mol. The molecule has 0 amide bonds. The van der Waals surface area contributed by atoms with E-state index in [1.54, 1.807) is 23.9 Å². The largest absolute Gasteiger partial charge is 0.294 e. The van der Waals surface area contributed by atoms with Crippen LogP contribution in [0.4, 0.5) is 4.39 Å². The number of benzene rings is 1. The first kappa shape index (κ1) is 21.4. The molecule has 0 spiro atoms. The van der Waals surface area contributed by atoms with Gasteiger partial charge in [0.2, 0.25) is 0 Å². The summed E-state index contributed by atoms with van der Waals surface area (Å²) in [6.07, 6.45) is 5.78. The zero-order chi connectivity index (χ0) is 19.6. The molecule has 0 radical (unpaired) electrons. The maximum absolute atomic E-state index is 12.9. The van der Waals surface area contributed by atoms with Gasteiger partial charge in [-0.15, -0.1) is 11.8 Å². The Labute approximate surface area is 164 Å². The SMILES string of the molecule is CC=CCONC(CC)=C1C(=O)CC(CCSc2ccc(F)cc2)CC1=O. The zero-order valence-corrected chi connectivity index (χ0v) is 16.6. The predicted octanol–water partition coefficient (Wildman–Crippen LogP) is 4.62. The summed E-state index contributed by atoms with van der Waals surface area (Å²) in [5.41, 5.74) is 3.60. The number of allylic oxidation sites excluding steroid dienone is 3. The number of nitrogens with one attached hydrogen (secondary N) is 1. The van der Waals surface area contributed by atoms with E-state index in [1.165, 1.54) is 12.1 Å². The molecule has 1 fully saturated rings. The molecule has 27 heavy (non-hydrogen) atoms. The van der Waals surface area contributed by atoms with Gasteiger partial charge in [-0.25, -0.2) is 4.39 Å². The number of hydrogen-bond donors (Lipinski definition) is 1. The van der Waals surface area contributed by atoms with Crippen LogP contribution in [-0.4, -0.2) is 23.9 Å². The zero-order valence-electron chi connectivity index (χ0n) is 15.8. The summed E-state index contributed by atoms with van der Waals surface area (Å²) in [5, 5.41) is 0. The number of thioether (sulfide) groups is 1. The van der Waals surface area contributed by atoms with Gasteiger partial charge in [-0.3, -0.25) is 19.9 Å². The molecule has 0 atom stereocenters. The number of rotatable bonds is 9. The predicted molar refractivity (Wildman–Crippen MR) is 106 cm³/mol. The van der Waals surface area contributed by atoms with E-state index in [0.717, 1.165) is 17.1 Å². The second-order valence-corrected chi connectivity index (χ2v) is 7.57. The van der Waals surface area contributed by atoms with Crippen LogP contribution in [0.3, 0.4) is 0 Å². The van der Waals surface area contributed by atoms with Crippen LogP contribution in [0.5, 0.6) is 0 Å². The van der Waals surface area contributed by atoms with Crippen molar-refractivity contribution < 1.29 is 18.8 Å². The average Bonchev–Trinajstić information content (AvgIpc) is 2.64. The average molecular weight is 392 g/mol. The number of halogens is 1. The lowest BCUT2D eigenvalue weighted by atomic mass is 9.81. The minimum atomic E-state index is -0.253. The molecular formula is C21H26FNO3S. The quantitative estimate of drug-likeness (QED) is 0.166. The van der Waals surface area contributed by atoms with Gasteiger partial charge < -0.3 is 0 Å². The molecule has 0 aliphatic heterocycles. The van der Waals surface area contributed by atoms with Crippen molar-refractivity contribution in [1.29, 1.82) is 0 Å². The highest BCUT2D eigenvalue weighted by atomic mass is 32.2. The molecule has 0 saturated heterocycles. The first-order chi connectivity index (χ1) is 13.0. The first-order valence-corrected chi connectivity index (χ1v) is 10.2. The van der Waals surface area contributed by atoms with Crippen molar-refractivity contribution in [3.63, 3.8) is 0 Å². The van der Waals surface area contributed by atoms with E-state index in [1.807, 2.05) is 26.0 Å². The van der Waals surface area contributed by atoms with E-state index >= 15 is 0 Å². The number of carbonyl (C=O) groups excluding carboxylic acids is 2. The number of hydroxylamine groups is 1. The van der Waals surface area contributed by atoms with Gasteiger partial charge in [0.15, 0.2) is 11.6 Å². The van der Waals surface area contributed by atoms with Crippen LogP contribution in [-0.2, 0) is 14.4 Å². The lowest BCUT2D eigenvalue weighted by Crippen LogP contribution is -2.30. The van der Waals surface area contributed by atoms with E-state index in [-0.39, 0.29) is 28.9 Å². The van der Waals surface area contributed by atoms with Gasteiger partial charge in [-0.2, -0.15) is 0 Å². The molecule has 1 aliphatic carbocycles. The molecule has 1 aromatic carbocycles. The van der Waals surface area contributed by atoms with Crippen molar-refractivity contribution in [1.82, 2.24) is 5.48 Å². The third-order valence-corrected chi connectivity index (χ3v) is 5.43. The van der Waals surface area contributed by atoms with Crippen molar-refractivity contribution >= 4 is 23.3 Å². The molecule has 0 aromatic heterocycles. The molecule has 1 saturated carbocycles. The Morgan fingerprint density at radius 3 is 2.52 bits per heavy atom. The monoisotopic (exact) mass is 391 g/mol. The summed E-state index contributed by atoms with van der Waals surface area (Å²) in [5.74, 6) is 0.381. The molecule has 2 rings (SSSR count). The van der Waals surface area contributed by atoms with Gasteiger partial charge in [-0.1, -0.05) is 19.1 Å². The van der Waals surface area contributed by atoms with Crippen LogP contribution in [0.15, 0.2) is 52.6 Å². The standard InChI is InChI=1S/C21H26FNO3S/c1-3-5-11-26-23-18(4-2)21-19(24)13-15(14-20(21)25)10-12-27-17-8-6-16(22)7-9-17/h3,5-9,15,23H,4,10-14H2,1-2H3. The highest BCUT2D eigenvalue weighted by molar-refractivity contribution is 7.99. The molecule has 1 aromatic rings. The van der Waals surface area contributed by atoms with Crippen LogP contribution in [0.1, 0.15) is 39.5 Å². The molecule has 1 N–H and O–H groups in total. The second kappa shape index (κ2) is 11.0. The molecule has 1 aliphatic rings. The molecule has 0 unspecified atom stereocenters. The van der Waals surface area contributed by atoms with Gasteiger partial charge in [0.25, 0.3) is 0 Å². The molecule has 4 nitrogen and oxygen atoms in total. The lowest BCUT2D eigenvalue weighted by molar-refractivity contribution is -0.125. The summed E-state index contributed by atoms with van der Waals surface area (Å²) in [6, 6.07) is 6.35. The third kappa shape index (κ3) is 6.63. The van der Waals surface area contributed by atoms with Crippen LogP contribution < -0.4 is 5.48 Å². The molecule has 6 heteroatoms. The van der Waals surface area contributed by atoms with E-state index < -0.39 is 0 Å². The number of carbonyl (C=O) groups is 2. The summed E-state index contributed by atoms with van der Waals surface area (Å²) in [7, 11) is 0. The fraction of sp³-hybridized carbons (Fsp3) is 0.429. The van der Waals surface area contributed by atoms with E-state index in [9.17, 15) is 14.0 Å². The van der Waals surface area contributed by atoms with Gasteiger partial charge >= 0.3 is 0 Å². The van der Waals surface area contributed by atoms with Crippen molar-refractivity contribution in [2.24, 2.45) is 5.92 Å². The van der Waals surface area contributed by atoms with Gasteiger partial charge in [0.05, 0.1) is 17.9 Å². The highest BCUT2D eigenvalue weighted by Crippen LogP contribution is 2.30. The van der Waals surface area contributed by atoms with Crippen molar-refractivity contribution in [2.75, 3.05) is 12.4 Å². The molecule has 0 heterocycles. The Morgan fingerprint density at radius 1 is 1.26 bits per heavy atom. The topological polar surface area (TPSA) is 55.4 Å². The molecule has 0 bridgehead atoms. The fourth-order valence-electron chi connectivity index (χ4n) is 2.94. The van der Waals surface area contributed by atoms with E-state index in [0.29, 0.717) is 31.6 Å². The summed E-state index contributed by atoms with van der Waals surface area (Å²) in [6.45, 7) is 4.16. The summed E-state index contributed by atoms with van der Waals surface area (Å²) < 4.78 is 12.9. The van der Waals surface area contributed by atoms with E-state index in [2.05, 4.69) is 5.48 Å². The minimum absolute atomic E-state index is 0.0590. The maximum Gasteiger partial charge on any atom is 0.168 e. The third-order valence-electron chi connectivity index (χ3n) is 4.38. The van der Waals surface area contributed by atoms with Crippen molar-refractivity contribution in [3.05, 3.63) is 53.5 Å². The second-order valence-electron chi connectivity index (χ2n) is 6.40. The van der Waals surface area contributed by atoms with Gasteiger partial charge in [0, 0.05) is 17.7 Å². The minimum Gasteiger partial charge on any atom is -0.294 e. The highest BCUT2D eigenvalue weighted by Gasteiger charge is 2.32. The fourth-order valence-corrected chi connectivity index (χ4v) is 3.96. The normalized spacial score (nSPS) is 17.6. The van der Waals surface area contributed by atoms with E-state index in [4.69, 9.17) is 4.84 Å².